The van der Waals surface area contributed by atoms with E-state index in [4.69, 9.17) is 15.5 Å². The van der Waals surface area contributed by atoms with Crippen LogP contribution in [0.4, 0.5) is 18.9 Å². The van der Waals surface area contributed by atoms with Crippen molar-refractivity contribution in [3.05, 3.63) is 54.1 Å². The summed E-state index contributed by atoms with van der Waals surface area (Å²) < 4.78 is 46.9. The number of benzene rings is 2. The molecule has 3 N–H and O–H groups in total. The van der Waals surface area contributed by atoms with E-state index in [-0.39, 0.29) is 12.4 Å². The number of nitrogens with one attached hydrogen (secondary N) is 1. The van der Waals surface area contributed by atoms with Gasteiger partial charge in [0, 0.05) is 25.3 Å². The Morgan fingerprint density at radius 1 is 1.12 bits per heavy atom. The molecule has 1 heterocycles. The van der Waals surface area contributed by atoms with Gasteiger partial charge in [-0.25, -0.2) is 0 Å². The number of ether oxygens (including phenoxy) is 2. The van der Waals surface area contributed by atoms with E-state index >= 15 is 0 Å². The lowest BCUT2D eigenvalue weighted by Crippen LogP contribution is -2.42. The van der Waals surface area contributed by atoms with E-state index in [2.05, 4.69) is 21.9 Å². The summed E-state index contributed by atoms with van der Waals surface area (Å²) in [5.41, 5.74) is 7.07. The molecule has 0 unspecified atom stereocenters. The maximum absolute atomic E-state index is 12.4. The van der Waals surface area contributed by atoms with Crippen LogP contribution >= 0.6 is 0 Å². The molecule has 0 aliphatic carbocycles. The first-order valence-corrected chi connectivity index (χ1v) is 11.2. The van der Waals surface area contributed by atoms with Gasteiger partial charge in [-0.2, -0.15) is 0 Å². The Bertz CT molecular complexity index is 895. The number of piperidine rings is 1. The molecular weight excluding hydrogens is 433 g/mol. The van der Waals surface area contributed by atoms with Gasteiger partial charge in [-0.05, 0) is 73.7 Å². The number of nitrogens with zero attached hydrogens (tertiary/aromatic N) is 2. The first-order chi connectivity index (χ1) is 15.8. The van der Waals surface area contributed by atoms with Crippen LogP contribution in [-0.4, -0.2) is 43.4 Å². The second-order valence-electron chi connectivity index (χ2n) is 8.15. The van der Waals surface area contributed by atoms with E-state index in [1.165, 1.54) is 18.2 Å². The lowest BCUT2D eigenvalue weighted by molar-refractivity contribution is -0.274. The molecule has 0 amide bonds. The maximum Gasteiger partial charge on any atom is 0.573 e. The van der Waals surface area contributed by atoms with Crippen molar-refractivity contribution in [3.8, 4) is 11.5 Å². The third-order valence-electron chi connectivity index (χ3n) is 5.35. The maximum atomic E-state index is 12.4. The molecular formula is C24H31F3N4O2. The SMILES string of the molecule is CC1CCN(C(=NCCCN)Nc2ccc(OCc3cccc(OC(F)(F)F)c3)cc2)CC1. The third-order valence-corrected chi connectivity index (χ3v) is 5.35. The summed E-state index contributed by atoms with van der Waals surface area (Å²) in [4.78, 5) is 6.99. The Morgan fingerprint density at radius 3 is 2.52 bits per heavy atom. The predicted molar refractivity (Wildman–Crippen MR) is 123 cm³/mol. The molecule has 0 saturated carbocycles. The zero-order chi connectivity index (χ0) is 23.7. The zero-order valence-corrected chi connectivity index (χ0v) is 18.8. The number of guanidine groups is 1. The zero-order valence-electron chi connectivity index (χ0n) is 18.8. The van der Waals surface area contributed by atoms with Crippen LogP contribution in [-0.2, 0) is 6.61 Å². The quantitative estimate of drug-likeness (QED) is 0.326. The van der Waals surface area contributed by atoms with E-state index < -0.39 is 6.36 Å². The minimum absolute atomic E-state index is 0.125. The highest BCUT2D eigenvalue weighted by molar-refractivity contribution is 5.93. The molecule has 180 valence electrons. The molecule has 1 saturated heterocycles. The number of aliphatic imine (C=N–C) groups is 1. The molecule has 33 heavy (non-hydrogen) atoms. The average molecular weight is 465 g/mol. The average Bonchev–Trinajstić information content (AvgIpc) is 2.78. The number of anilines is 1. The topological polar surface area (TPSA) is 72.1 Å². The second-order valence-corrected chi connectivity index (χ2v) is 8.15. The van der Waals surface area contributed by atoms with Crippen LogP contribution in [0, 0.1) is 5.92 Å². The fourth-order valence-corrected chi connectivity index (χ4v) is 3.48. The molecule has 1 aliphatic rings. The van der Waals surface area contributed by atoms with E-state index in [0.29, 0.717) is 24.4 Å². The van der Waals surface area contributed by atoms with E-state index in [1.807, 2.05) is 24.3 Å². The predicted octanol–water partition coefficient (Wildman–Crippen LogP) is 5.01. The summed E-state index contributed by atoms with van der Waals surface area (Å²) in [5, 5.41) is 3.41. The van der Waals surface area contributed by atoms with Crippen molar-refractivity contribution in [2.45, 2.75) is 39.2 Å². The highest BCUT2D eigenvalue weighted by Crippen LogP contribution is 2.24. The van der Waals surface area contributed by atoms with Gasteiger partial charge in [-0.1, -0.05) is 19.1 Å². The molecule has 0 spiro atoms. The van der Waals surface area contributed by atoms with Crippen LogP contribution in [0.15, 0.2) is 53.5 Å². The Balaban J connectivity index is 1.58. The standard InChI is InChI=1S/C24H31F3N4O2/c1-18-10-14-31(15-11-18)23(29-13-3-12-28)30-20-6-8-21(9-7-20)32-17-19-4-2-5-22(16-19)33-24(25,26)27/h2,4-9,16,18H,3,10-15,17,28H2,1H3,(H,29,30). The van der Waals surface area contributed by atoms with E-state index in [1.54, 1.807) is 6.07 Å². The van der Waals surface area contributed by atoms with Crippen molar-refractivity contribution in [3.63, 3.8) is 0 Å². The van der Waals surface area contributed by atoms with Crippen molar-refractivity contribution in [2.24, 2.45) is 16.6 Å². The Kier molecular flexibility index (Phi) is 8.82. The largest absolute Gasteiger partial charge is 0.573 e. The number of likely N-dealkylation sites (tertiary alicyclic amines) is 1. The molecule has 2 aromatic rings. The lowest BCUT2D eigenvalue weighted by atomic mass is 9.99. The van der Waals surface area contributed by atoms with Gasteiger partial charge in [0.05, 0.1) is 0 Å². The van der Waals surface area contributed by atoms with Crippen LogP contribution in [0.1, 0.15) is 31.7 Å². The monoisotopic (exact) mass is 464 g/mol. The van der Waals surface area contributed by atoms with Crippen molar-refractivity contribution in [2.75, 3.05) is 31.5 Å². The molecule has 1 aliphatic heterocycles. The van der Waals surface area contributed by atoms with Crippen molar-refractivity contribution in [1.29, 1.82) is 0 Å². The van der Waals surface area contributed by atoms with Crippen LogP contribution in [0.25, 0.3) is 0 Å². The molecule has 1 fully saturated rings. The smallest absolute Gasteiger partial charge is 0.489 e. The van der Waals surface area contributed by atoms with Crippen LogP contribution in [0.2, 0.25) is 0 Å². The van der Waals surface area contributed by atoms with Gasteiger partial charge in [-0.3, -0.25) is 4.99 Å². The first kappa shape index (κ1) is 24.7. The number of hydrogen-bond donors (Lipinski definition) is 2. The third kappa shape index (κ3) is 8.49. The highest BCUT2D eigenvalue weighted by atomic mass is 19.4. The van der Waals surface area contributed by atoms with E-state index in [0.717, 1.165) is 49.9 Å². The van der Waals surface area contributed by atoms with Crippen molar-refractivity contribution in [1.82, 2.24) is 4.90 Å². The van der Waals surface area contributed by atoms with Crippen molar-refractivity contribution < 1.29 is 22.6 Å². The van der Waals surface area contributed by atoms with Crippen LogP contribution < -0.4 is 20.5 Å². The number of nitrogens with two attached hydrogens (primary N) is 1. The number of rotatable bonds is 8. The summed E-state index contributed by atoms with van der Waals surface area (Å²) in [6, 6.07) is 13.2. The minimum Gasteiger partial charge on any atom is -0.489 e. The van der Waals surface area contributed by atoms with Gasteiger partial charge >= 0.3 is 6.36 Å². The number of alkyl halides is 3. The summed E-state index contributed by atoms with van der Waals surface area (Å²) >= 11 is 0. The molecule has 0 aromatic heterocycles. The number of halogens is 3. The molecule has 2 aromatic carbocycles. The molecule has 3 rings (SSSR count). The van der Waals surface area contributed by atoms with Crippen molar-refractivity contribution >= 4 is 11.6 Å². The normalized spacial score (nSPS) is 15.4. The van der Waals surface area contributed by atoms with Crippen LogP contribution in [0.3, 0.4) is 0 Å². The molecule has 6 nitrogen and oxygen atoms in total. The molecule has 9 heteroatoms. The fraction of sp³-hybridized carbons (Fsp3) is 0.458. The van der Waals surface area contributed by atoms with Gasteiger partial charge in [-0.15, -0.1) is 13.2 Å². The van der Waals surface area contributed by atoms with Gasteiger partial charge in [0.25, 0.3) is 0 Å². The molecule has 0 bridgehead atoms. The Hall–Kier alpha value is -2.94. The summed E-state index contributed by atoms with van der Waals surface area (Å²) in [7, 11) is 0. The van der Waals surface area contributed by atoms with Gasteiger partial charge in [0.1, 0.15) is 18.1 Å². The van der Waals surface area contributed by atoms with Crippen LogP contribution in [0.5, 0.6) is 11.5 Å². The second kappa shape index (κ2) is 11.8. The lowest BCUT2D eigenvalue weighted by Gasteiger charge is -2.33. The Labute approximate surface area is 192 Å². The highest BCUT2D eigenvalue weighted by Gasteiger charge is 2.31. The molecule has 0 atom stereocenters. The van der Waals surface area contributed by atoms with Gasteiger partial charge in [0.15, 0.2) is 5.96 Å². The summed E-state index contributed by atoms with van der Waals surface area (Å²) in [6.07, 6.45) is -1.61. The minimum atomic E-state index is -4.72. The van der Waals surface area contributed by atoms with E-state index in [9.17, 15) is 13.2 Å². The Morgan fingerprint density at radius 2 is 1.85 bits per heavy atom. The summed E-state index contributed by atoms with van der Waals surface area (Å²) in [6.45, 7) is 5.60. The summed E-state index contributed by atoms with van der Waals surface area (Å²) in [5.74, 6) is 1.92. The number of hydrogen-bond acceptors (Lipinski definition) is 4. The first-order valence-electron chi connectivity index (χ1n) is 11.2. The molecule has 0 radical (unpaired) electrons. The van der Waals surface area contributed by atoms with Gasteiger partial charge < -0.3 is 25.4 Å². The fourth-order valence-electron chi connectivity index (χ4n) is 3.48. The van der Waals surface area contributed by atoms with Gasteiger partial charge in [0.2, 0.25) is 0 Å².